The number of aromatic nitrogens is 2. The van der Waals surface area contributed by atoms with Gasteiger partial charge in [-0.3, -0.25) is 9.48 Å². The number of nitrogens with zero attached hydrogens (tertiary/aromatic N) is 2. The highest BCUT2D eigenvalue weighted by Crippen LogP contribution is 2.22. The van der Waals surface area contributed by atoms with E-state index in [4.69, 9.17) is 0 Å². The molecule has 0 saturated carbocycles. The smallest absolute Gasteiger partial charge is 0.293 e. The second-order valence-electron chi connectivity index (χ2n) is 5.41. The number of halogens is 1. The molecule has 0 spiro atoms. The summed E-state index contributed by atoms with van der Waals surface area (Å²) in [4.78, 5) is 9.60. The number of nitrogens with one attached hydrogen (secondary N) is 1. The van der Waals surface area contributed by atoms with Gasteiger partial charge in [-0.05, 0) is 68.7 Å². The molecule has 1 fully saturated rings. The van der Waals surface area contributed by atoms with Gasteiger partial charge >= 0.3 is 0 Å². The first-order chi connectivity index (χ1) is 8.94. The summed E-state index contributed by atoms with van der Waals surface area (Å²) < 4.78 is 7.71. The lowest BCUT2D eigenvalue weighted by Gasteiger charge is -2.23. The van der Waals surface area contributed by atoms with Crippen LogP contribution in [0.25, 0.3) is 0 Å². The van der Waals surface area contributed by atoms with Crippen molar-refractivity contribution >= 4 is 22.4 Å². The van der Waals surface area contributed by atoms with Crippen LogP contribution in [0, 0.1) is 0 Å². The Morgan fingerprint density at radius 1 is 1.47 bits per heavy atom. The minimum absolute atomic E-state index is 0.318. The summed E-state index contributed by atoms with van der Waals surface area (Å²) in [5.41, 5.74) is -0.318. The minimum atomic E-state index is -0.318. The fourth-order valence-electron chi connectivity index (χ4n) is 1.76. The maximum atomic E-state index is 9.60. The Morgan fingerprint density at radius 2 is 2.11 bits per heavy atom. The maximum Gasteiger partial charge on any atom is 0.293 e. The molecule has 1 aromatic rings. The lowest BCUT2D eigenvalue weighted by atomic mass is 10.1. The van der Waals surface area contributed by atoms with E-state index < -0.39 is 0 Å². The molecule has 1 aromatic heterocycles. The van der Waals surface area contributed by atoms with Crippen molar-refractivity contribution in [2.75, 3.05) is 13.1 Å². The fourth-order valence-corrected chi connectivity index (χ4v) is 2.26. The van der Waals surface area contributed by atoms with E-state index in [1.54, 1.807) is 0 Å². The average Bonchev–Trinajstić information content (AvgIpc) is 2.76. The Balaban J connectivity index is 0.000000224. The van der Waals surface area contributed by atoms with Crippen LogP contribution in [0.3, 0.4) is 0 Å². The van der Waals surface area contributed by atoms with Crippen LogP contribution >= 0.6 is 15.9 Å². The molecule has 1 N–H and O–H groups in total. The first-order valence-corrected chi connectivity index (χ1v) is 7.24. The van der Waals surface area contributed by atoms with Crippen LogP contribution in [-0.2, 0) is 9.53 Å². The molecule has 2 rings (SSSR count). The van der Waals surface area contributed by atoms with Crippen LogP contribution in [0.5, 0.6) is 0 Å². The molecule has 0 amide bonds. The van der Waals surface area contributed by atoms with Gasteiger partial charge in [-0.2, -0.15) is 5.10 Å². The molecule has 1 saturated heterocycles. The third-order valence-corrected chi connectivity index (χ3v) is 3.31. The Morgan fingerprint density at radius 3 is 2.47 bits per heavy atom. The minimum Gasteiger partial charge on any atom is -0.462 e. The fraction of sp³-hybridized carbons (Fsp3) is 0.692. The van der Waals surface area contributed by atoms with E-state index in [-0.39, 0.29) is 5.60 Å². The predicted octanol–water partition coefficient (Wildman–Crippen LogP) is 2.53. The van der Waals surface area contributed by atoms with Gasteiger partial charge in [0, 0.05) is 0 Å². The van der Waals surface area contributed by atoms with E-state index >= 15 is 0 Å². The number of carbonyl (C=O) groups excluding carboxylic acids is 1. The standard InChI is InChI=1S/C8H12BrN3.C5H10O2/c9-8-3-6-11-12(8)7-1-4-10-5-2-7;1-5(2,3)7-4-6/h3,6-7,10H,1-2,4-5H2;4H,1-3H3. The quantitative estimate of drug-likeness (QED) is 0.846. The van der Waals surface area contributed by atoms with Gasteiger partial charge in [0.1, 0.15) is 10.2 Å². The summed E-state index contributed by atoms with van der Waals surface area (Å²) in [6, 6.07) is 2.57. The summed E-state index contributed by atoms with van der Waals surface area (Å²) in [6.07, 6.45) is 4.20. The van der Waals surface area contributed by atoms with Gasteiger partial charge in [-0.1, -0.05) is 0 Å². The molecule has 0 aromatic carbocycles. The van der Waals surface area contributed by atoms with E-state index in [2.05, 4.69) is 35.8 Å². The zero-order valence-corrected chi connectivity index (χ0v) is 13.3. The highest BCUT2D eigenvalue weighted by atomic mass is 79.9. The summed E-state index contributed by atoms with van der Waals surface area (Å²) in [6.45, 7) is 8.14. The van der Waals surface area contributed by atoms with Gasteiger partial charge in [-0.15, -0.1) is 0 Å². The van der Waals surface area contributed by atoms with E-state index in [1.165, 1.54) is 12.8 Å². The third kappa shape index (κ3) is 6.20. The first kappa shape index (κ1) is 16.2. The van der Waals surface area contributed by atoms with Crippen molar-refractivity contribution in [1.29, 1.82) is 0 Å². The van der Waals surface area contributed by atoms with Crippen molar-refractivity contribution < 1.29 is 9.53 Å². The van der Waals surface area contributed by atoms with Gasteiger partial charge in [0.15, 0.2) is 0 Å². The molecular weight excluding hydrogens is 310 g/mol. The summed E-state index contributed by atoms with van der Waals surface area (Å²) in [7, 11) is 0. The molecule has 1 aliphatic rings. The van der Waals surface area contributed by atoms with Crippen LogP contribution in [0.1, 0.15) is 39.7 Å². The van der Waals surface area contributed by atoms with Crippen LogP contribution in [-0.4, -0.2) is 34.9 Å². The number of piperidine rings is 1. The molecule has 0 radical (unpaired) electrons. The summed E-state index contributed by atoms with van der Waals surface area (Å²) in [5.74, 6) is 0. The maximum absolute atomic E-state index is 9.60. The second-order valence-corrected chi connectivity index (χ2v) is 6.22. The number of hydrogen-bond donors (Lipinski definition) is 1. The lowest BCUT2D eigenvalue weighted by Crippen LogP contribution is -2.29. The van der Waals surface area contributed by atoms with E-state index in [0.717, 1.165) is 17.7 Å². The SMILES string of the molecule is Brc1ccnn1C1CCNCC1.CC(C)(C)OC=O. The Bertz CT molecular complexity index is 381. The molecular formula is C13H22BrN3O2. The Kier molecular flexibility index (Phi) is 6.51. The molecule has 0 aliphatic carbocycles. The molecule has 0 bridgehead atoms. The van der Waals surface area contributed by atoms with Gasteiger partial charge in [0.05, 0.1) is 12.2 Å². The van der Waals surface area contributed by atoms with Crippen molar-refractivity contribution in [1.82, 2.24) is 15.1 Å². The Hall–Kier alpha value is -0.880. The molecule has 1 aliphatic heterocycles. The molecule has 108 valence electrons. The van der Waals surface area contributed by atoms with E-state index in [1.807, 2.05) is 33.0 Å². The number of hydrogen-bond acceptors (Lipinski definition) is 4. The Labute approximate surface area is 122 Å². The first-order valence-electron chi connectivity index (χ1n) is 6.45. The average molecular weight is 332 g/mol. The number of ether oxygens (including phenoxy) is 1. The number of carbonyl (C=O) groups is 1. The van der Waals surface area contributed by atoms with Crippen LogP contribution in [0.2, 0.25) is 0 Å². The monoisotopic (exact) mass is 331 g/mol. The van der Waals surface area contributed by atoms with Crippen molar-refractivity contribution in [3.05, 3.63) is 16.9 Å². The topological polar surface area (TPSA) is 56.1 Å². The largest absolute Gasteiger partial charge is 0.462 e. The van der Waals surface area contributed by atoms with Crippen LogP contribution < -0.4 is 5.32 Å². The van der Waals surface area contributed by atoms with Crippen LogP contribution in [0.15, 0.2) is 16.9 Å². The van der Waals surface area contributed by atoms with Gasteiger partial charge in [0.2, 0.25) is 0 Å². The van der Waals surface area contributed by atoms with Gasteiger partial charge in [0.25, 0.3) is 6.47 Å². The highest BCUT2D eigenvalue weighted by Gasteiger charge is 2.16. The van der Waals surface area contributed by atoms with Crippen molar-refractivity contribution in [3.8, 4) is 0 Å². The summed E-state index contributed by atoms with van der Waals surface area (Å²) >= 11 is 3.48. The second kappa shape index (κ2) is 7.65. The van der Waals surface area contributed by atoms with Gasteiger partial charge < -0.3 is 10.1 Å². The lowest BCUT2D eigenvalue weighted by molar-refractivity contribution is -0.138. The molecule has 5 nitrogen and oxygen atoms in total. The van der Waals surface area contributed by atoms with E-state index in [9.17, 15) is 4.79 Å². The normalized spacial score (nSPS) is 16.4. The third-order valence-electron chi connectivity index (χ3n) is 2.68. The zero-order valence-electron chi connectivity index (χ0n) is 11.7. The molecule has 6 heteroatoms. The van der Waals surface area contributed by atoms with Crippen molar-refractivity contribution in [2.45, 2.75) is 45.3 Å². The highest BCUT2D eigenvalue weighted by molar-refractivity contribution is 9.10. The van der Waals surface area contributed by atoms with Crippen molar-refractivity contribution in [3.63, 3.8) is 0 Å². The molecule has 0 atom stereocenters. The molecule has 2 heterocycles. The van der Waals surface area contributed by atoms with E-state index in [0.29, 0.717) is 12.5 Å². The van der Waals surface area contributed by atoms with Gasteiger partial charge in [-0.25, -0.2) is 0 Å². The summed E-state index contributed by atoms with van der Waals surface area (Å²) in [5, 5.41) is 7.62. The molecule has 0 unspecified atom stereocenters. The van der Waals surface area contributed by atoms with Crippen LogP contribution in [0.4, 0.5) is 0 Å². The number of rotatable bonds is 2. The predicted molar refractivity (Wildman–Crippen MR) is 78.0 cm³/mol. The van der Waals surface area contributed by atoms with Crippen molar-refractivity contribution in [2.24, 2.45) is 0 Å². The molecule has 19 heavy (non-hydrogen) atoms. The zero-order chi connectivity index (χ0) is 14.3.